The molecular formula is C12H11ClFN3. The van der Waals surface area contributed by atoms with E-state index >= 15 is 0 Å². The van der Waals surface area contributed by atoms with E-state index in [2.05, 4.69) is 15.3 Å². The van der Waals surface area contributed by atoms with E-state index in [1.54, 1.807) is 18.3 Å². The first-order valence-corrected chi connectivity index (χ1v) is 5.61. The minimum atomic E-state index is -0.374. The third kappa shape index (κ3) is 2.71. The maximum absolute atomic E-state index is 12.9. The molecule has 1 aromatic heterocycles. The van der Waals surface area contributed by atoms with Crippen molar-refractivity contribution < 1.29 is 4.39 Å². The van der Waals surface area contributed by atoms with Crippen molar-refractivity contribution in [3.63, 3.8) is 0 Å². The molecule has 0 aliphatic heterocycles. The molecule has 1 N–H and O–H groups in total. The molecule has 88 valence electrons. The van der Waals surface area contributed by atoms with E-state index in [9.17, 15) is 4.39 Å². The lowest BCUT2D eigenvalue weighted by molar-refractivity contribution is 0.628. The summed E-state index contributed by atoms with van der Waals surface area (Å²) < 4.78 is 12.9. The quantitative estimate of drug-likeness (QED) is 0.909. The number of rotatable bonds is 3. The number of anilines is 1. The van der Waals surface area contributed by atoms with Gasteiger partial charge in [-0.3, -0.25) is 0 Å². The molecular weight excluding hydrogens is 241 g/mol. The fraction of sp³-hybridized carbons (Fsp3) is 0.167. The van der Waals surface area contributed by atoms with Crippen LogP contribution in [0.5, 0.6) is 0 Å². The van der Waals surface area contributed by atoms with E-state index in [4.69, 9.17) is 11.6 Å². The Labute approximate surface area is 104 Å². The van der Waals surface area contributed by atoms with Crippen LogP contribution in [0.25, 0.3) is 11.4 Å². The molecule has 0 aliphatic carbocycles. The van der Waals surface area contributed by atoms with Gasteiger partial charge < -0.3 is 5.32 Å². The lowest BCUT2D eigenvalue weighted by atomic mass is 10.2. The number of nitrogens with one attached hydrogen (secondary N) is 1. The maximum atomic E-state index is 12.9. The average molecular weight is 252 g/mol. The normalized spacial score (nSPS) is 10.3. The highest BCUT2D eigenvalue weighted by molar-refractivity contribution is 6.33. The Morgan fingerprint density at radius 2 is 2.18 bits per heavy atom. The smallest absolute Gasteiger partial charge is 0.162 e. The van der Waals surface area contributed by atoms with E-state index in [-0.39, 0.29) is 5.82 Å². The zero-order chi connectivity index (χ0) is 12.3. The van der Waals surface area contributed by atoms with E-state index in [1.165, 1.54) is 12.1 Å². The second-order valence-electron chi connectivity index (χ2n) is 3.42. The van der Waals surface area contributed by atoms with E-state index in [0.29, 0.717) is 16.4 Å². The van der Waals surface area contributed by atoms with Gasteiger partial charge >= 0.3 is 0 Å². The Hall–Kier alpha value is -1.68. The average Bonchev–Trinajstić information content (AvgIpc) is 2.29. The van der Waals surface area contributed by atoms with Crippen LogP contribution in [-0.2, 0) is 0 Å². The summed E-state index contributed by atoms with van der Waals surface area (Å²) in [5.74, 6) is 0.827. The predicted octanol–water partition coefficient (Wildman–Crippen LogP) is 3.37. The summed E-state index contributed by atoms with van der Waals surface area (Å²) in [6.45, 7) is 2.75. The summed E-state index contributed by atoms with van der Waals surface area (Å²) in [4.78, 5) is 8.42. The van der Waals surface area contributed by atoms with Gasteiger partial charge in [0.1, 0.15) is 11.6 Å². The molecule has 5 heteroatoms. The van der Waals surface area contributed by atoms with Crippen molar-refractivity contribution in [2.45, 2.75) is 6.92 Å². The van der Waals surface area contributed by atoms with Gasteiger partial charge in [0.25, 0.3) is 0 Å². The lowest BCUT2D eigenvalue weighted by Gasteiger charge is -2.06. The van der Waals surface area contributed by atoms with Crippen LogP contribution in [-0.4, -0.2) is 16.5 Å². The van der Waals surface area contributed by atoms with Crippen LogP contribution in [0.2, 0.25) is 5.02 Å². The van der Waals surface area contributed by atoms with Crippen LogP contribution in [0.4, 0.5) is 10.2 Å². The second kappa shape index (κ2) is 5.10. The van der Waals surface area contributed by atoms with Crippen molar-refractivity contribution in [3.8, 4) is 11.4 Å². The number of benzene rings is 1. The molecule has 0 bridgehead atoms. The molecule has 1 heterocycles. The van der Waals surface area contributed by atoms with Gasteiger partial charge in [-0.2, -0.15) is 0 Å². The van der Waals surface area contributed by atoms with Gasteiger partial charge in [-0.15, -0.1) is 0 Å². The predicted molar refractivity (Wildman–Crippen MR) is 66.6 cm³/mol. The summed E-state index contributed by atoms with van der Waals surface area (Å²) in [5, 5.41) is 3.38. The van der Waals surface area contributed by atoms with Gasteiger partial charge in [-0.05, 0) is 31.2 Å². The van der Waals surface area contributed by atoms with Gasteiger partial charge in [-0.1, -0.05) is 11.6 Å². The molecule has 0 aliphatic rings. The van der Waals surface area contributed by atoms with Gasteiger partial charge in [0.05, 0.1) is 5.02 Å². The van der Waals surface area contributed by atoms with E-state index < -0.39 is 0 Å². The zero-order valence-electron chi connectivity index (χ0n) is 9.24. The molecule has 0 atom stereocenters. The molecule has 0 unspecified atom stereocenters. The third-order valence-electron chi connectivity index (χ3n) is 2.19. The SMILES string of the molecule is CCNc1ccnc(-c2ccc(F)cc2Cl)n1. The molecule has 1 aromatic carbocycles. The molecule has 0 saturated heterocycles. The third-order valence-corrected chi connectivity index (χ3v) is 2.50. The second-order valence-corrected chi connectivity index (χ2v) is 3.83. The van der Waals surface area contributed by atoms with Crippen LogP contribution in [0.15, 0.2) is 30.5 Å². The summed E-state index contributed by atoms with van der Waals surface area (Å²) in [5.41, 5.74) is 0.618. The number of halogens is 2. The highest BCUT2D eigenvalue weighted by atomic mass is 35.5. The number of nitrogens with zero attached hydrogens (tertiary/aromatic N) is 2. The monoisotopic (exact) mass is 251 g/mol. The molecule has 17 heavy (non-hydrogen) atoms. The topological polar surface area (TPSA) is 37.8 Å². The molecule has 2 aromatic rings. The van der Waals surface area contributed by atoms with Crippen molar-refractivity contribution in [2.75, 3.05) is 11.9 Å². The fourth-order valence-corrected chi connectivity index (χ4v) is 1.69. The molecule has 0 radical (unpaired) electrons. The molecule has 0 fully saturated rings. The van der Waals surface area contributed by atoms with Crippen molar-refractivity contribution >= 4 is 17.4 Å². The van der Waals surface area contributed by atoms with Gasteiger partial charge in [-0.25, -0.2) is 14.4 Å². The first kappa shape index (κ1) is 11.8. The summed E-state index contributed by atoms with van der Waals surface area (Å²) in [6.07, 6.45) is 1.64. The minimum absolute atomic E-state index is 0.304. The van der Waals surface area contributed by atoms with Crippen molar-refractivity contribution in [3.05, 3.63) is 41.3 Å². The van der Waals surface area contributed by atoms with Crippen molar-refractivity contribution in [2.24, 2.45) is 0 Å². The Kier molecular flexibility index (Phi) is 3.54. The van der Waals surface area contributed by atoms with Crippen LogP contribution >= 0.6 is 11.6 Å². The lowest BCUT2D eigenvalue weighted by Crippen LogP contribution is -2.01. The van der Waals surface area contributed by atoms with Crippen LogP contribution in [0.3, 0.4) is 0 Å². The van der Waals surface area contributed by atoms with Crippen molar-refractivity contribution in [1.82, 2.24) is 9.97 Å². The molecule has 0 saturated carbocycles. The number of aromatic nitrogens is 2. The molecule has 2 rings (SSSR count). The number of hydrogen-bond acceptors (Lipinski definition) is 3. The van der Waals surface area contributed by atoms with Gasteiger partial charge in [0.15, 0.2) is 5.82 Å². The molecule has 0 amide bonds. The fourth-order valence-electron chi connectivity index (χ4n) is 1.44. The minimum Gasteiger partial charge on any atom is -0.370 e. The van der Waals surface area contributed by atoms with E-state index in [0.717, 1.165) is 12.4 Å². The summed E-state index contributed by atoms with van der Waals surface area (Å²) >= 11 is 5.95. The Balaban J connectivity index is 2.42. The maximum Gasteiger partial charge on any atom is 0.162 e. The van der Waals surface area contributed by atoms with Gasteiger partial charge in [0, 0.05) is 18.3 Å². The first-order chi connectivity index (χ1) is 8.20. The Morgan fingerprint density at radius 3 is 2.88 bits per heavy atom. The van der Waals surface area contributed by atoms with Crippen LogP contribution in [0, 0.1) is 5.82 Å². The molecule has 0 spiro atoms. The first-order valence-electron chi connectivity index (χ1n) is 5.23. The van der Waals surface area contributed by atoms with E-state index in [1.807, 2.05) is 6.92 Å². The zero-order valence-corrected chi connectivity index (χ0v) is 10.0. The van der Waals surface area contributed by atoms with Crippen LogP contribution < -0.4 is 5.32 Å². The summed E-state index contributed by atoms with van der Waals surface area (Å²) in [6, 6.07) is 5.93. The largest absolute Gasteiger partial charge is 0.370 e. The van der Waals surface area contributed by atoms with Crippen molar-refractivity contribution in [1.29, 1.82) is 0 Å². The Morgan fingerprint density at radius 1 is 1.35 bits per heavy atom. The van der Waals surface area contributed by atoms with Gasteiger partial charge in [0.2, 0.25) is 0 Å². The highest BCUT2D eigenvalue weighted by Gasteiger charge is 2.08. The highest BCUT2D eigenvalue weighted by Crippen LogP contribution is 2.26. The Bertz CT molecular complexity index is 531. The summed E-state index contributed by atoms with van der Waals surface area (Å²) in [7, 11) is 0. The van der Waals surface area contributed by atoms with Crippen LogP contribution in [0.1, 0.15) is 6.92 Å². The molecule has 3 nitrogen and oxygen atoms in total. The standard InChI is InChI=1S/C12H11ClFN3/c1-2-15-11-5-6-16-12(17-11)9-4-3-8(14)7-10(9)13/h3-7H,2H2,1H3,(H,15,16,17). The number of hydrogen-bond donors (Lipinski definition) is 1.